The van der Waals surface area contributed by atoms with Crippen LogP contribution < -0.4 is 0 Å². The molecule has 0 rings (SSSR count). The summed E-state index contributed by atoms with van der Waals surface area (Å²) in [6.45, 7) is 6.22. The highest BCUT2D eigenvalue weighted by atomic mass is 16.5. The van der Waals surface area contributed by atoms with E-state index in [0.29, 0.717) is 13.0 Å². The lowest BCUT2D eigenvalue weighted by Gasteiger charge is -2.02. The Balaban J connectivity index is 3.17. The summed E-state index contributed by atoms with van der Waals surface area (Å²) in [6, 6.07) is 0. The van der Waals surface area contributed by atoms with Gasteiger partial charge >= 0.3 is 5.97 Å². The molecule has 106 valence electrons. The zero-order valence-corrected chi connectivity index (χ0v) is 12.0. The van der Waals surface area contributed by atoms with Crippen molar-refractivity contribution in [2.45, 2.75) is 58.8 Å². The third kappa shape index (κ3) is 13.2. The van der Waals surface area contributed by atoms with Gasteiger partial charge in [0.15, 0.2) is 0 Å². The quantitative estimate of drug-likeness (QED) is 0.302. The molecule has 0 saturated carbocycles. The summed E-state index contributed by atoms with van der Waals surface area (Å²) >= 11 is 0. The van der Waals surface area contributed by atoms with Crippen LogP contribution in [0, 0.1) is 0 Å². The lowest BCUT2D eigenvalue weighted by molar-refractivity contribution is -0.143. The molecule has 3 nitrogen and oxygen atoms in total. The Morgan fingerprint density at radius 3 is 2.50 bits per heavy atom. The number of rotatable bonds is 12. The number of unbranched alkanes of at least 4 members (excludes halogenated alkanes) is 3. The second kappa shape index (κ2) is 14.2. The Bertz CT molecular complexity index is 212. The molecule has 0 fully saturated rings. The van der Waals surface area contributed by atoms with Crippen molar-refractivity contribution in [2.24, 2.45) is 0 Å². The van der Waals surface area contributed by atoms with Gasteiger partial charge in [0.1, 0.15) is 0 Å². The fourth-order valence-electron chi connectivity index (χ4n) is 1.48. The third-order valence-corrected chi connectivity index (χ3v) is 2.45. The van der Waals surface area contributed by atoms with Gasteiger partial charge in [0.2, 0.25) is 0 Å². The molecule has 18 heavy (non-hydrogen) atoms. The number of carbonyl (C=O) groups excluding carboxylic acids is 1. The summed E-state index contributed by atoms with van der Waals surface area (Å²) in [5.74, 6) is -0.0552. The first-order valence-electron chi connectivity index (χ1n) is 7.19. The van der Waals surface area contributed by atoms with Crippen LogP contribution in [0.2, 0.25) is 0 Å². The summed E-state index contributed by atoms with van der Waals surface area (Å²) in [6.07, 6.45) is 11.0. The zero-order valence-electron chi connectivity index (χ0n) is 12.0. The number of esters is 1. The minimum Gasteiger partial charge on any atom is -0.466 e. The molecule has 0 heterocycles. The van der Waals surface area contributed by atoms with Crippen LogP contribution in [0.15, 0.2) is 12.2 Å². The first kappa shape index (κ1) is 17.2. The predicted octanol–water partition coefficient (Wildman–Crippen LogP) is 3.87. The van der Waals surface area contributed by atoms with Gasteiger partial charge in [-0.3, -0.25) is 4.79 Å². The molecule has 0 saturated heterocycles. The van der Waals surface area contributed by atoms with Crippen molar-refractivity contribution < 1.29 is 14.3 Å². The minimum atomic E-state index is -0.0552. The van der Waals surface area contributed by atoms with Crippen LogP contribution in [-0.4, -0.2) is 25.8 Å². The van der Waals surface area contributed by atoms with Gasteiger partial charge in [0.05, 0.1) is 13.2 Å². The van der Waals surface area contributed by atoms with E-state index in [1.807, 2.05) is 6.92 Å². The highest BCUT2D eigenvalue weighted by molar-refractivity contribution is 5.69. The Kier molecular flexibility index (Phi) is 13.6. The van der Waals surface area contributed by atoms with Crippen molar-refractivity contribution >= 4 is 5.97 Å². The topological polar surface area (TPSA) is 35.5 Å². The Morgan fingerprint density at radius 1 is 1.00 bits per heavy atom. The first-order valence-corrected chi connectivity index (χ1v) is 7.19. The van der Waals surface area contributed by atoms with E-state index in [-0.39, 0.29) is 5.97 Å². The van der Waals surface area contributed by atoms with Crippen molar-refractivity contribution in [3.8, 4) is 0 Å². The molecule has 0 N–H and O–H groups in total. The monoisotopic (exact) mass is 256 g/mol. The van der Waals surface area contributed by atoms with E-state index in [4.69, 9.17) is 9.47 Å². The van der Waals surface area contributed by atoms with Gasteiger partial charge in [-0.25, -0.2) is 0 Å². The van der Waals surface area contributed by atoms with Crippen molar-refractivity contribution in [3.05, 3.63) is 12.2 Å². The first-order chi connectivity index (χ1) is 8.81. The maximum absolute atomic E-state index is 11.2. The molecule has 0 radical (unpaired) electrons. The number of hydrogen-bond donors (Lipinski definition) is 0. The van der Waals surface area contributed by atoms with E-state index in [9.17, 15) is 4.79 Å². The number of hydrogen-bond acceptors (Lipinski definition) is 3. The van der Waals surface area contributed by atoms with Crippen molar-refractivity contribution in [1.29, 1.82) is 0 Å². The smallest absolute Gasteiger partial charge is 0.305 e. The Labute approximate surface area is 112 Å². The molecule has 0 unspecified atom stereocenters. The molecule has 0 aromatic rings. The number of ether oxygens (including phenoxy) is 2. The molecule has 0 aromatic heterocycles. The third-order valence-electron chi connectivity index (χ3n) is 2.45. The van der Waals surface area contributed by atoms with Gasteiger partial charge in [-0.1, -0.05) is 32.4 Å². The van der Waals surface area contributed by atoms with Gasteiger partial charge in [0, 0.05) is 13.0 Å². The molecule has 0 atom stereocenters. The summed E-state index contributed by atoms with van der Waals surface area (Å²) in [4.78, 5) is 11.2. The molecule has 0 amide bonds. The number of carbonyl (C=O) groups is 1. The summed E-state index contributed by atoms with van der Waals surface area (Å²) in [5, 5.41) is 0. The molecule has 0 aromatic carbocycles. The largest absolute Gasteiger partial charge is 0.466 e. The zero-order chi connectivity index (χ0) is 13.5. The molecule has 0 aliphatic heterocycles. The van der Waals surface area contributed by atoms with Gasteiger partial charge in [-0.15, -0.1) is 0 Å². The lowest BCUT2D eigenvalue weighted by atomic mass is 10.1. The normalized spacial score (nSPS) is 11.0. The van der Waals surface area contributed by atoms with Crippen LogP contribution in [0.25, 0.3) is 0 Å². The number of allylic oxidation sites excluding steroid dienone is 1. The van der Waals surface area contributed by atoms with Crippen LogP contribution in [0.1, 0.15) is 58.8 Å². The average molecular weight is 256 g/mol. The highest BCUT2D eigenvalue weighted by Gasteiger charge is 2.00. The van der Waals surface area contributed by atoms with Crippen LogP contribution in [0.4, 0.5) is 0 Å². The van der Waals surface area contributed by atoms with E-state index < -0.39 is 0 Å². The van der Waals surface area contributed by atoms with Gasteiger partial charge in [-0.2, -0.15) is 0 Å². The van der Waals surface area contributed by atoms with Crippen LogP contribution in [-0.2, 0) is 14.3 Å². The van der Waals surface area contributed by atoms with E-state index in [0.717, 1.165) is 51.7 Å². The molecule has 0 bridgehead atoms. The van der Waals surface area contributed by atoms with E-state index in [1.54, 1.807) is 0 Å². The molecular weight excluding hydrogens is 228 g/mol. The fourth-order valence-corrected chi connectivity index (χ4v) is 1.48. The van der Waals surface area contributed by atoms with Crippen molar-refractivity contribution in [1.82, 2.24) is 0 Å². The van der Waals surface area contributed by atoms with Gasteiger partial charge < -0.3 is 9.47 Å². The summed E-state index contributed by atoms with van der Waals surface area (Å²) in [5.41, 5.74) is 0. The summed E-state index contributed by atoms with van der Waals surface area (Å²) < 4.78 is 10.3. The maximum atomic E-state index is 11.2. The minimum absolute atomic E-state index is 0.0552. The standard InChI is InChI=1S/C15H28O3/c1-3-12-17-14-10-8-6-5-7-9-11-15(16)18-13-4-2/h8,10H,3-7,9,11-14H2,1-2H3. The molecule has 0 aliphatic carbocycles. The van der Waals surface area contributed by atoms with Crippen molar-refractivity contribution in [3.63, 3.8) is 0 Å². The van der Waals surface area contributed by atoms with Gasteiger partial charge in [0.25, 0.3) is 0 Å². The maximum Gasteiger partial charge on any atom is 0.305 e. The summed E-state index contributed by atoms with van der Waals surface area (Å²) in [7, 11) is 0. The predicted molar refractivity (Wildman–Crippen MR) is 74.6 cm³/mol. The fraction of sp³-hybridized carbons (Fsp3) is 0.800. The Morgan fingerprint density at radius 2 is 1.78 bits per heavy atom. The van der Waals surface area contributed by atoms with Gasteiger partial charge in [-0.05, 0) is 32.1 Å². The average Bonchev–Trinajstić information content (AvgIpc) is 2.38. The van der Waals surface area contributed by atoms with Crippen molar-refractivity contribution in [2.75, 3.05) is 19.8 Å². The van der Waals surface area contributed by atoms with Crippen LogP contribution in [0.5, 0.6) is 0 Å². The lowest BCUT2D eigenvalue weighted by Crippen LogP contribution is -2.04. The van der Waals surface area contributed by atoms with Crippen LogP contribution in [0.3, 0.4) is 0 Å². The SMILES string of the molecule is CCCOCC=CCCCCCC(=O)OCCC. The van der Waals surface area contributed by atoms with E-state index in [2.05, 4.69) is 19.1 Å². The molecule has 0 aliphatic rings. The molecule has 3 heteroatoms. The van der Waals surface area contributed by atoms with E-state index in [1.165, 1.54) is 0 Å². The highest BCUT2D eigenvalue weighted by Crippen LogP contribution is 2.05. The molecular formula is C15H28O3. The Hall–Kier alpha value is -0.830. The van der Waals surface area contributed by atoms with E-state index >= 15 is 0 Å². The molecule has 0 spiro atoms. The second-order valence-corrected chi connectivity index (χ2v) is 4.37. The van der Waals surface area contributed by atoms with Crippen LogP contribution >= 0.6 is 0 Å². The second-order valence-electron chi connectivity index (χ2n) is 4.37.